The van der Waals surface area contributed by atoms with E-state index in [0.717, 1.165) is 56.4 Å². The largest absolute Gasteiger partial charge is 0.378 e. The van der Waals surface area contributed by atoms with Crippen molar-refractivity contribution < 1.29 is 4.74 Å². The van der Waals surface area contributed by atoms with Crippen molar-refractivity contribution in [1.29, 1.82) is 0 Å². The molecule has 29 heavy (non-hydrogen) atoms. The first-order chi connectivity index (χ1) is 13.7. The van der Waals surface area contributed by atoms with E-state index in [1.54, 1.807) is 0 Å². The average molecular weight is 516 g/mol. The van der Waals surface area contributed by atoms with E-state index in [-0.39, 0.29) is 24.0 Å². The Bertz CT molecular complexity index is 699. The maximum atomic E-state index is 6.10. The molecule has 8 heteroatoms. The fraction of sp³-hybridized carbons (Fsp3) is 0.857. The molecule has 0 aromatic carbocycles. The van der Waals surface area contributed by atoms with Crippen LogP contribution >= 0.6 is 24.0 Å². The second-order valence-corrected chi connectivity index (χ2v) is 8.60. The summed E-state index contributed by atoms with van der Waals surface area (Å²) >= 11 is 0. The second-order valence-electron chi connectivity index (χ2n) is 8.60. The van der Waals surface area contributed by atoms with Crippen molar-refractivity contribution in [1.82, 2.24) is 25.4 Å². The van der Waals surface area contributed by atoms with Gasteiger partial charge in [0.25, 0.3) is 0 Å². The molecule has 4 rings (SSSR count). The van der Waals surface area contributed by atoms with Gasteiger partial charge in [-0.2, -0.15) is 5.10 Å². The van der Waals surface area contributed by atoms with Crippen molar-refractivity contribution in [3.63, 3.8) is 0 Å². The summed E-state index contributed by atoms with van der Waals surface area (Å²) in [5.74, 6) is 3.00. The Kier molecular flexibility index (Phi) is 7.81. The van der Waals surface area contributed by atoms with Gasteiger partial charge in [-0.1, -0.05) is 26.2 Å². The van der Waals surface area contributed by atoms with Crippen molar-refractivity contribution in [2.24, 2.45) is 10.4 Å². The zero-order chi connectivity index (χ0) is 19.6. The molecule has 3 unspecified atom stereocenters. The van der Waals surface area contributed by atoms with Crippen LogP contribution in [0, 0.1) is 5.41 Å². The summed E-state index contributed by atoms with van der Waals surface area (Å²) in [7, 11) is 1.88. The van der Waals surface area contributed by atoms with Crippen LogP contribution in [-0.2, 0) is 24.1 Å². The number of aromatic nitrogens is 3. The summed E-state index contributed by atoms with van der Waals surface area (Å²) in [4.78, 5) is 9.16. The molecule has 0 saturated heterocycles. The molecule has 2 aliphatic carbocycles. The standard InChI is InChI=1S/C21H36N6O.HI/c1-4-18-25-19-10-9-15(14-27(19)26-18)23-20(22-3)24-16-13-17(28-5-2)21(16)11-7-6-8-12-21;/h15-17H,4-14H2,1-3H3,(H2,22,23,24);1H. The third kappa shape index (κ3) is 4.57. The Morgan fingerprint density at radius 3 is 2.72 bits per heavy atom. The molecule has 1 spiro atoms. The summed E-state index contributed by atoms with van der Waals surface area (Å²) in [5, 5.41) is 12.0. The van der Waals surface area contributed by atoms with E-state index in [1.165, 1.54) is 32.1 Å². The van der Waals surface area contributed by atoms with Crippen molar-refractivity contribution in [3.05, 3.63) is 11.6 Å². The van der Waals surface area contributed by atoms with Crippen molar-refractivity contribution in [3.8, 4) is 0 Å². The number of aryl methyl sites for hydroxylation is 2. The number of aliphatic imine (C=N–C) groups is 1. The Morgan fingerprint density at radius 1 is 1.24 bits per heavy atom. The van der Waals surface area contributed by atoms with E-state index in [4.69, 9.17) is 4.74 Å². The Hall–Kier alpha value is -0.900. The summed E-state index contributed by atoms with van der Waals surface area (Å²) < 4.78 is 8.17. The van der Waals surface area contributed by atoms with E-state index >= 15 is 0 Å². The molecule has 1 aromatic heterocycles. The molecule has 0 bridgehead atoms. The van der Waals surface area contributed by atoms with Crippen LogP contribution in [0.5, 0.6) is 0 Å². The summed E-state index contributed by atoms with van der Waals surface area (Å²) in [6.07, 6.45) is 11.0. The fourth-order valence-corrected chi connectivity index (χ4v) is 5.42. The first-order valence-corrected chi connectivity index (χ1v) is 11.2. The minimum atomic E-state index is 0. The quantitative estimate of drug-likeness (QED) is 0.358. The predicted octanol–water partition coefficient (Wildman–Crippen LogP) is 3.07. The number of nitrogens with zero attached hydrogens (tertiary/aromatic N) is 4. The molecule has 7 nitrogen and oxygen atoms in total. The number of hydrogen-bond acceptors (Lipinski definition) is 4. The zero-order valence-electron chi connectivity index (χ0n) is 18.1. The van der Waals surface area contributed by atoms with Gasteiger partial charge in [-0.15, -0.1) is 24.0 Å². The molecule has 3 atom stereocenters. The summed E-state index contributed by atoms with van der Waals surface area (Å²) in [5.41, 5.74) is 0.299. The van der Waals surface area contributed by atoms with E-state index in [2.05, 4.69) is 44.2 Å². The summed E-state index contributed by atoms with van der Waals surface area (Å²) in [6, 6.07) is 0.808. The molecule has 2 N–H and O–H groups in total. The van der Waals surface area contributed by atoms with Gasteiger partial charge >= 0.3 is 0 Å². The van der Waals surface area contributed by atoms with Gasteiger partial charge in [0.05, 0.1) is 12.6 Å². The van der Waals surface area contributed by atoms with E-state index in [0.29, 0.717) is 23.6 Å². The van der Waals surface area contributed by atoms with Crippen LogP contribution in [0.25, 0.3) is 0 Å². The van der Waals surface area contributed by atoms with Crippen LogP contribution in [0.2, 0.25) is 0 Å². The van der Waals surface area contributed by atoms with Crippen molar-refractivity contribution in [2.45, 2.75) is 96.4 Å². The molecule has 1 aliphatic heterocycles. The maximum absolute atomic E-state index is 6.10. The first-order valence-electron chi connectivity index (χ1n) is 11.2. The molecular formula is C21H37IN6O. The lowest BCUT2D eigenvalue weighted by Gasteiger charge is -2.58. The topological polar surface area (TPSA) is 76.4 Å². The highest BCUT2D eigenvalue weighted by Crippen LogP contribution is 2.53. The molecule has 0 amide bonds. The lowest BCUT2D eigenvalue weighted by atomic mass is 9.55. The summed E-state index contributed by atoms with van der Waals surface area (Å²) in [6.45, 7) is 5.90. The normalized spacial score (nSPS) is 28.2. The number of ether oxygens (including phenoxy) is 1. The highest BCUT2D eigenvalue weighted by atomic mass is 127. The van der Waals surface area contributed by atoms with Crippen LogP contribution in [0.1, 0.15) is 70.4 Å². The van der Waals surface area contributed by atoms with E-state index in [9.17, 15) is 0 Å². The SMILES string of the molecule is CCOC1CC(NC(=NC)NC2CCc3nc(CC)nn3C2)C12CCCCC2.I. The fourth-order valence-electron chi connectivity index (χ4n) is 5.42. The third-order valence-electron chi connectivity index (χ3n) is 7.03. The highest BCUT2D eigenvalue weighted by Gasteiger charge is 2.55. The van der Waals surface area contributed by atoms with Gasteiger partial charge in [-0.3, -0.25) is 4.99 Å². The van der Waals surface area contributed by atoms with Gasteiger partial charge in [0.2, 0.25) is 0 Å². The number of guanidine groups is 1. The van der Waals surface area contributed by atoms with Crippen LogP contribution in [0.15, 0.2) is 4.99 Å². The van der Waals surface area contributed by atoms with Crippen molar-refractivity contribution >= 4 is 29.9 Å². The molecule has 0 radical (unpaired) electrons. The molecule has 2 saturated carbocycles. The van der Waals surface area contributed by atoms with Crippen molar-refractivity contribution in [2.75, 3.05) is 13.7 Å². The van der Waals surface area contributed by atoms with Gasteiger partial charge < -0.3 is 15.4 Å². The number of fused-ring (bicyclic) bond motifs is 1. The van der Waals surface area contributed by atoms with Gasteiger partial charge in [0.1, 0.15) is 5.82 Å². The highest BCUT2D eigenvalue weighted by molar-refractivity contribution is 14.0. The molecule has 3 aliphatic rings. The molecule has 164 valence electrons. The van der Waals surface area contributed by atoms with Crippen LogP contribution < -0.4 is 10.6 Å². The van der Waals surface area contributed by atoms with Gasteiger partial charge in [-0.25, -0.2) is 9.67 Å². The van der Waals surface area contributed by atoms with E-state index in [1.807, 2.05) is 7.05 Å². The van der Waals surface area contributed by atoms with Gasteiger partial charge in [0, 0.05) is 44.0 Å². The Morgan fingerprint density at radius 2 is 2.03 bits per heavy atom. The van der Waals surface area contributed by atoms with Gasteiger partial charge in [-0.05, 0) is 32.6 Å². The molecular weight excluding hydrogens is 479 g/mol. The zero-order valence-corrected chi connectivity index (χ0v) is 20.4. The monoisotopic (exact) mass is 516 g/mol. The number of nitrogens with one attached hydrogen (secondary N) is 2. The number of halogens is 1. The maximum Gasteiger partial charge on any atom is 0.191 e. The minimum Gasteiger partial charge on any atom is -0.378 e. The van der Waals surface area contributed by atoms with Crippen LogP contribution in [0.4, 0.5) is 0 Å². The van der Waals surface area contributed by atoms with Gasteiger partial charge in [0.15, 0.2) is 11.8 Å². The lowest BCUT2D eigenvalue weighted by molar-refractivity contribution is -0.145. The van der Waals surface area contributed by atoms with Crippen LogP contribution in [-0.4, -0.2) is 52.6 Å². The predicted molar refractivity (Wildman–Crippen MR) is 126 cm³/mol. The molecule has 1 aromatic rings. The Balaban J connectivity index is 0.00000240. The lowest BCUT2D eigenvalue weighted by Crippen LogP contribution is -2.67. The van der Waals surface area contributed by atoms with E-state index < -0.39 is 0 Å². The minimum absolute atomic E-state index is 0. The smallest absolute Gasteiger partial charge is 0.191 e. The third-order valence-corrected chi connectivity index (χ3v) is 7.03. The number of rotatable bonds is 5. The molecule has 2 heterocycles. The Labute approximate surface area is 191 Å². The second kappa shape index (κ2) is 9.94. The number of hydrogen-bond donors (Lipinski definition) is 2. The molecule has 2 fully saturated rings. The first kappa shape index (κ1) is 22.8. The van der Waals surface area contributed by atoms with Crippen LogP contribution in [0.3, 0.4) is 0 Å². The average Bonchev–Trinajstić information content (AvgIpc) is 3.15.